The number of carbonyl (C=O) groups excluding carboxylic acids is 1. The number of fused-ring (bicyclic) bond motifs is 2. The van der Waals surface area contributed by atoms with Gasteiger partial charge in [0.2, 0.25) is 0 Å². The predicted molar refractivity (Wildman–Crippen MR) is 75.3 cm³/mol. The van der Waals surface area contributed by atoms with E-state index in [2.05, 4.69) is 20.8 Å². The molecule has 0 aliphatic heterocycles. The maximum atomic E-state index is 11.8. The Morgan fingerprint density at radius 3 is 2.00 bits per heavy atom. The quantitative estimate of drug-likeness (QED) is 0.647. The summed E-state index contributed by atoms with van der Waals surface area (Å²) in [5.41, 5.74) is -0.321. The number of rotatable bonds is 1. The zero-order valence-electron chi connectivity index (χ0n) is 13.0. The lowest BCUT2D eigenvalue weighted by atomic mass is 9.89. The van der Waals surface area contributed by atoms with Crippen LogP contribution in [0.3, 0.4) is 0 Å². The number of esters is 1. The molecule has 0 spiro atoms. The fraction of sp³-hybridized carbons (Fsp3) is 0.938. The van der Waals surface area contributed by atoms with Crippen molar-refractivity contribution in [2.75, 3.05) is 0 Å². The topological polar surface area (TPSA) is 26.3 Å². The third-order valence-corrected chi connectivity index (χ3v) is 3.45. The average Bonchev–Trinajstić information content (AvgIpc) is 2.74. The summed E-state index contributed by atoms with van der Waals surface area (Å²) in [7, 11) is 0. The number of ether oxygens (including phenoxy) is 1. The van der Waals surface area contributed by atoms with Gasteiger partial charge in [-0.3, -0.25) is 4.79 Å². The molecule has 2 aliphatic rings. The molecule has 3 atom stereocenters. The van der Waals surface area contributed by atoms with Crippen molar-refractivity contribution in [3.8, 4) is 0 Å². The molecular formula is C16H30O2. The Morgan fingerprint density at radius 1 is 1.11 bits per heavy atom. The van der Waals surface area contributed by atoms with Gasteiger partial charge in [-0.1, -0.05) is 27.2 Å². The Morgan fingerprint density at radius 2 is 1.67 bits per heavy atom. The van der Waals surface area contributed by atoms with Gasteiger partial charge in [-0.25, -0.2) is 0 Å². The molecule has 3 unspecified atom stereocenters. The second-order valence-corrected chi connectivity index (χ2v) is 7.55. The summed E-state index contributed by atoms with van der Waals surface area (Å²) in [4.78, 5) is 11.8. The molecule has 0 N–H and O–H groups in total. The Bertz CT molecular complexity index is 273. The first-order chi connectivity index (χ1) is 8.19. The molecular weight excluding hydrogens is 224 g/mol. The minimum Gasteiger partial charge on any atom is -0.460 e. The molecule has 0 aromatic heterocycles. The van der Waals surface area contributed by atoms with Gasteiger partial charge in [-0.05, 0) is 57.8 Å². The van der Waals surface area contributed by atoms with Gasteiger partial charge in [0.25, 0.3) is 0 Å². The van der Waals surface area contributed by atoms with Gasteiger partial charge in [0.1, 0.15) is 5.60 Å². The van der Waals surface area contributed by atoms with Crippen LogP contribution in [0.2, 0.25) is 0 Å². The van der Waals surface area contributed by atoms with Crippen LogP contribution in [0.5, 0.6) is 0 Å². The molecule has 0 heterocycles. The van der Waals surface area contributed by atoms with Crippen molar-refractivity contribution in [3.63, 3.8) is 0 Å². The lowest BCUT2D eigenvalue weighted by molar-refractivity contribution is -0.161. The highest BCUT2D eigenvalue weighted by Crippen LogP contribution is 2.48. The van der Waals surface area contributed by atoms with Crippen LogP contribution in [0, 0.1) is 23.7 Å². The molecule has 2 heteroatoms. The van der Waals surface area contributed by atoms with E-state index in [1.54, 1.807) is 0 Å². The summed E-state index contributed by atoms with van der Waals surface area (Å²) >= 11 is 0. The first-order valence-corrected chi connectivity index (χ1v) is 7.42. The molecule has 0 amide bonds. The van der Waals surface area contributed by atoms with Gasteiger partial charge in [-0.15, -0.1) is 0 Å². The third kappa shape index (κ3) is 4.99. The van der Waals surface area contributed by atoms with Gasteiger partial charge >= 0.3 is 5.97 Å². The van der Waals surface area contributed by atoms with Gasteiger partial charge in [0, 0.05) is 0 Å². The van der Waals surface area contributed by atoms with Crippen LogP contribution in [0.4, 0.5) is 0 Å². The molecule has 2 nitrogen and oxygen atoms in total. The lowest BCUT2D eigenvalue weighted by Gasteiger charge is -2.26. The van der Waals surface area contributed by atoms with Gasteiger partial charge in [-0.2, -0.15) is 0 Å². The molecule has 0 aromatic rings. The normalized spacial score (nSPS) is 30.1. The number of carbonyl (C=O) groups is 1. The molecule has 2 aliphatic carbocycles. The molecule has 2 saturated carbocycles. The Kier molecular flexibility index (Phi) is 5.24. The highest BCUT2D eigenvalue weighted by Gasteiger charge is 2.44. The summed E-state index contributed by atoms with van der Waals surface area (Å²) < 4.78 is 5.44. The van der Waals surface area contributed by atoms with E-state index < -0.39 is 0 Å². The lowest BCUT2D eigenvalue weighted by Crippen LogP contribution is -2.31. The summed E-state index contributed by atoms with van der Waals surface area (Å²) in [5, 5.41) is 0. The monoisotopic (exact) mass is 254 g/mol. The highest BCUT2D eigenvalue weighted by atomic mass is 16.6. The number of hydrogen-bond acceptors (Lipinski definition) is 2. The van der Waals surface area contributed by atoms with Crippen molar-refractivity contribution in [2.45, 2.75) is 72.8 Å². The summed E-state index contributed by atoms with van der Waals surface area (Å²) in [6.45, 7) is 12.3. The van der Waals surface area contributed by atoms with Crippen LogP contribution in [0.1, 0.15) is 67.2 Å². The molecule has 0 aromatic carbocycles. The number of hydrogen-bond donors (Lipinski definition) is 0. The van der Waals surface area contributed by atoms with E-state index in [1.807, 2.05) is 20.8 Å². The van der Waals surface area contributed by atoms with Crippen molar-refractivity contribution in [2.24, 2.45) is 23.7 Å². The van der Waals surface area contributed by atoms with Crippen molar-refractivity contribution in [1.82, 2.24) is 0 Å². The minimum absolute atomic E-state index is 0.0460. The van der Waals surface area contributed by atoms with E-state index in [0.29, 0.717) is 5.92 Å². The van der Waals surface area contributed by atoms with E-state index in [-0.39, 0.29) is 17.5 Å². The van der Waals surface area contributed by atoms with Crippen LogP contribution < -0.4 is 0 Å². The van der Waals surface area contributed by atoms with Crippen molar-refractivity contribution in [3.05, 3.63) is 0 Å². The summed E-state index contributed by atoms with van der Waals surface area (Å²) in [5.74, 6) is 2.55. The summed E-state index contributed by atoms with van der Waals surface area (Å²) in [6, 6.07) is 0. The zero-order chi connectivity index (χ0) is 13.9. The molecule has 2 bridgehead atoms. The largest absolute Gasteiger partial charge is 0.460 e. The second-order valence-electron chi connectivity index (χ2n) is 7.55. The molecule has 0 saturated heterocycles. The molecule has 18 heavy (non-hydrogen) atoms. The third-order valence-electron chi connectivity index (χ3n) is 3.45. The second kappa shape index (κ2) is 6.08. The van der Waals surface area contributed by atoms with Gasteiger partial charge < -0.3 is 4.74 Å². The molecule has 0 radical (unpaired) electrons. The van der Waals surface area contributed by atoms with E-state index in [9.17, 15) is 4.79 Å². The van der Waals surface area contributed by atoms with E-state index in [1.165, 1.54) is 19.3 Å². The van der Waals surface area contributed by atoms with Crippen LogP contribution in [0.25, 0.3) is 0 Å². The average molecular weight is 254 g/mol. The first kappa shape index (κ1) is 15.5. The molecule has 106 valence electrons. The zero-order valence-corrected chi connectivity index (χ0v) is 13.0. The molecule has 2 rings (SSSR count). The Hall–Kier alpha value is -0.530. The SMILES string of the molecule is CC(C)(C)OC(=O)C1CC2CCC1C2.CC(C)C. The Balaban J connectivity index is 0.000000357. The minimum atomic E-state index is -0.321. The summed E-state index contributed by atoms with van der Waals surface area (Å²) in [6.07, 6.45) is 4.93. The molecule has 2 fully saturated rings. The van der Waals surface area contributed by atoms with Crippen LogP contribution >= 0.6 is 0 Å². The van der Waals surface area contributed by atoms with Crippen LogP contribution in [-0.2, 0) is 9.53 Å². The predicted octanol–water partition coefficient (Wildman–Crippen LogP) is 4.43. The first-order valence-electron chi connectivity index (χ1n) is 7.42. The van der Waals surface area contributed by atoms with Crippen molar-refractivity contribution in [1.29, 1.82) is 0 Å². The van der Waals surface area contributed by atoms with Gasteiger partial charge in [0.15, 0.2) is 0 Å². The van der Waals surface area contributed by atoms with Crippen LogP contribution in [0.15, 0.2) is 0 Å². The fourth-order valence-electron chi connectivity index (χ4n) is 2.91. The van der Waals surface area contributed by atoms with Crippen molar-refractivity contribution < 1.29 is 9.53 Å². The van der Waals surface area contributed by atoms with E-state index in [4.69, 9.17) is 4.74 Å². The van der Waals surface area contributed by atoms with E-state index >= 15 is 0 Å². The maximum Gasteiger partial charge on any atom is 0.309 e. The fourth-order valence-corrected chi connectivity index (χ4v) is 2.91. The highest BCUT2D eigenvalue weighted by molar-refractivity contribution is 5.73. The standard InChI is InChI=1S/C12H20O2.C4H10/c1-12(2,3)14-11(13)10-7-8-4-5-9(10)6-8;1-4(2)3/h8-10H,4-7H2,1-3H3;4H,1-3H3. The Labute approximate surface area is 112 Å². The van der Waals surface area contributed by atoms with Crippen molar-refractivity contribution >= 4 is 5.97 Å². The smallest absolute Gasteiger partial charge is 0.309 e. The van der Waals surface area contributed by atoms with Gasteiger partial charge in [0.05, 0.1) is 5.92 Å². The van der Waals surface area contributed by atoms with E-state index in [0.717, 1.165) is 18.3 Å². The maximum absolute atomic E-state index is 11.8. The van der Waals surface area contributed by atoms with Crippen LogP contribution in [-0.4, -0.2) is 11.6 Å².